The van der Waals surface area contributed by atoms with Crippen molar-refractivity contribution in [3.8, 4) is 11.4 Å². The normalized spacial score (nSPS) is 18.1. The van der Waals surface area contributed by atoms with Crippen LogP contribution in [0.15, 0.2) is 30.7 Å². The molecular formula is C23H27N7O. The van der Waals surface area contributed by atoms with Gasteiger partial charge < -0.3 is 9.80 Å². The number of aryl methyl sites for hydroxylation is 1. The Hall–Kier alpha value is -3.29. The number of rotatable bonds is 4. The Morgan fingerprint density at radius 1 is 1.19 bits per heavy atom. The fraction of sp³-hybridized carbons (Fsp3) is 0.435. The summed E-state index contributed by atoms with van der Waals surface area (Å²) < 4.78 is 0. The quantitative estimate of drug-likeness (QED) is 0.702. The van der Waals surface area contributed by atoms with Gasteiger partial charge >= 0.3 is 0 Å². The number of anilines is 1. The molecule has 0 radical (unpaired) electrons. The first-order valence-corrected chi connectivity index (χ1v) is 10.9. The second kappa shape index (κ2) is 8.09. The number of carbonyl (C=O) groups excluding carboxylic acids is 1. The van der Waals surface area contributed by atoms with Gasteiger partial charge in [-0.2, -0.15) is 5.10 Å². The highest BCUT2D eigenvalue weighted by Gasteiger charge is 2.31. The minimum Gasteiger partial charge on any atom is -0.356 e. The molecule has 8 nitrogen and oxygen atoms in total. The number of nitrogens with one attached hydrogen (secondary N) is 1. The molecular weight excluding hydrogens is 390 g/mol. The maximum atomic E-state index is 12.6. The molecule has 1 N–H and O–H groups in total. The van der Waals surface area contributed by atoms with E-state index in [1.54, 1.807) is 31.4 Å². The molecule has 0 unspecified atom stereocenters. The van der Waals surface area contributed by atoms with Crippen LogP contribution in [-0.2, 0) is 12.8 Å². The van der Waals surface area contributed by atoms with E-state index in [9.17, 15) is 4.79 Å². The molecule has 2 aliphatic rings. The van der Waals surface area contributed by atoms with E-state index in [0.717, 1.165) is 73.8 Å². The molecule has 1 aliphatic carbocycles. The van der Waals surface area contributed by atoms with E-state index >= 15 is 0 Å². The average molecular weight is 418 g/mol. The molecule has 3 aromatic heterocycles. The molecule has 5 rings (SSSR count). The topological polar surface area (TPSA) is 90.9 Å². The summed E-state index contributed by atoms with van der Waals surface area (Å²) in [6.07, 6.45) is 10.4. The van der Waals surface area contributed by atoms with Crippen molar-refractivity contribution >= 4 is 11.7 Å². The maximum Gasteiger partial charge on any atom is 0.256 e. The molecule has 1 fully saturated rings. The number of carbonyl (C=O) groups is 1. The van der Waals surface area contributed by atoms with E-state index in [1.165, 1.54) is 5.56 Å². The number of aromatic nitrogens is 5. The summed E-state index contributed by atoms with van der Waals surface area (Å²) in [5.74, 6) is 1.99. The fourth-order valence-corrected chi connectivity index (χ4v) is 4.72. The summed E-state index contributed by atoms with van der Waals surface area (Å²) in [7, 11) is 3.55. The summed E-state index contributed by atoms with van der Waals surface area (Å²) in [6.45, 7) is 1.77. The number of nitrogens with zero attached hydrogens (tertiary/aromatic N) is 6. The van der Waals surface area contributed by atoms with Crippen molar-refractivity contribution in [2.45, 2.75) is 38.0 Å². The Labute approximate surface area is 181 Å². The first-order valence-electron chi connectivity index (χ1n) is 10.9. The van der Waals surface area contributed by atoms with Crippen molar-refractivity contribution in [1.29, 1.82) is 0 Å². The molecule has 0 bridgehead atoms. The third-order valence-electron chi connectivity index (χ3n) is 6.27. The monoisotopic (exact) mass is 417 g/mol. The van der Waals surface area contributed by atoms with Crippen molar-refractivity contribution in [2.75, 3.05) is 32.1 Å². The predicted molar refractivity (Wildman–Crippen MR) is 118 cm³/mol. The first kappa shape index (κ1) is 19.7. The number of pyridine rings is 1. The van der Waals surface area contributed by atoms with Gasteiger partial charge in [-0.15, -0.1) is 0 Å². The second-order valence-corrected chi connectivity index (χ2v) is 8.57. The highest BCUT2D eigenvalue weighted by Crippen LogP contribution is 2.36. The molecule has 0 saturated carbocycles. The molecule has 1 atom stereocenters. The lowest BCUT2D eigenvalue weighted by Gasteiger charge is -2.34. The van der Waals surface area contributed by atoms with Crippen molar-refractivity contribution in [3.63, 3.8) is 0 Å². The lowest BCUT2D eigenvalue weighted by Crippen LogP contribution is -2.36. The second-order valence-electron chi connectivity index (χ2n) is 8.57. The molecule has 0 spiro atoms. The van der Waals surface area contributed by atoms with Crippen LogP contribution in [-0.4, -0.2) is 63.1 Å². The molecule has 8 heteroatoms. The SMILES string of the molecule is CN(C)C(=O)c1cn[nH]c1[C@H]1CCCN(c2nc(-c3cccnc3)nc3c2CCC3)C1. The van der Waals surface area contributed by atoms with E-state index < -0.39 is 0 Å². The Morgan fingerprint density at radius 2 is 2.10 bits per heavy atom. The zero-order chi connectivity index (χ0) is 21.4. The molecule has 1 saturated heterocycles. The lowest BCUT2D eigenvalue weighted by molar-refractivity contribution is 0.0826. The van der Waals surface area contributed by atoms with Crippen LogP contribution in [0.1, 0.15) is 52.5 Å². The summed E-state index contributed by atoms with van der Waals surface area (Å²) in [4.78, 5) is 30.7. The predicted octanol–water partition coefficient (Wildman–Crippen LogP) is 2.84. The minimum absolute atomic E-state index is 0.0114. The molecule has 4 heterocycles. The van der Waals surface area contributed by atoms with Crippen LogP contribution in [0.4, 0.5) is 5.82 Å². The van der Waals surface area contributed by atoms with E-state index in [-0.39, 0.29) is 11.8 Å². The number of piperidine rings is 1. The van der Waals surface area contributed by atoms with Gasteiger partial charge in [0, 0.05) is 62.3 Å². The van der Waals surface area contributed by atoms with Crippen molar-refractivity contribution in [2.24, 2.45) is 0 Å². The number of hydrogen-bond acceptors (Lipinski definition) is 6. The summed E-state index contributed by atoms with van der Waals surface area (Å²) in [5, 5.41) is 7.29. The summed E-state index contributed by atoms with van der Waals surface area (Å²) >= 11 is 0. The summed E-state index contributed by atoms with van der Waals surface area (Å²) in [6, 6.07) is 3.93. The summed E-state index contributed by atoms with van der Waals surface area (Å²) in [5.41, 5.74) is 4.99. The zero-order valence-corrected chi connectivity index (χ0v) is 18.0. The van der Waals surface area contributed by atoms with Crippen LogP contribution >= 0.6 is 0 Å². The lowest BCUT2D eigenvalue weighted by atomic mass is 9.92. The zero-order valence-electron chi connectivity index (χ0n) is 18.0. The number of fused-ring (bicyclic) bond motifs is 1. The Kier molecular flexibility index (Phi) is 5.13. The Morgan fingerprint density at radius 3 is 2.90 bits per heavy atom. The number of hydrogen-bond donors (Lipinski definition) is 1. The molecule has 31 heavy (non-hydrogen) atoms. The molecule has 160 valence electrons. The highest BCUT2D eigenvalue weighted by molar-refractivity contribution is 5.95. The molecule has 3 aromatic rings. The maximum absolute atomic E-state index is 12.6. The van der Waals surface area contributed by atoms with Crippen LogP contribution in [0.25, 0.3) is 11.4 Å². The first-order chi connectivity index (χ1) is 15.1. The van der Waals surface area contributed by atoms with Gasteiger partial charge in [0.2, 0.25) is 0 Å². The van der Waals surface area contributed by atoms with Crippen molar-refractivity contribution in [1.82, 2.24) is 30.0 Å². The Bertz CT molecular complexity index is 1090. The third kappa shape index (κ3) is 3.66. The van der Waals surface area contributed by atoms with Gasteiger partial charge in [-0.05, 0) is 44.2 Å². The number of amides is 1. The minimum atomic E-state index is -0.0114. The number of aromatic amines is 1. The molecule has 0 aromatic carbocycles. The van der Waals surface area contributed by atoms with Gasteiger partial charge in [0.15, 0.2) is 5.82 Å². The fourth-order valence-electron chi connectivity index (χ4n) is 4.72. The van der Waals surface area contributed by atoms with Crippen LogP contribution in [0.3, 0.4) is 0 Å². The average Bonchev–Trinajstić information content (AvgIpc) is 3.48. The van der Waals surface area contributed by atoms with Crippen LogP contribution in [0.2, 0.25) is 0 Å². The smallest absolute Gasteiger partial charge is 0.256 e. The van der Waals surface area contributed by atoms with Crippen molar-refractivity contribution < 1.29 is 4.79 Å². The van der Waals surface area contributed by atoms with E-state index in [0.29, 0.717) is 5.56 Å². The molecule has 1 amide bonds. The van der Waals surface area contributed by atoms with Crippen LogP contribution in [0, 0.1) is 0 Å². The van der Waals surface area contributed by atoms with Gasteiger partial charge in [-0.1, -0.05) is 0 Å². The largest absolute Gasteiger partial charge is 0.356 e. The van der Waals surface area contributed by atoms with Gasteiger partial charge in [0.25, 0.3) is 5.91 Å². The van der Waals surface area contributed by atoms with Gasteiger partial charge in [-0.3, -0.25) is 14.9 Å². The van der Waals surface area contributed by atoms with E-state index in [4.69, 9.17) is 9.97 Å². The van der Waals surface area contributed by atoms with Gasteiger partial charge in [-0.25, -0.2) is 9.97 Å². The van der Waals surface area contributed by atoms with Gasteiger partial charge in [0.05, 0.1) is 17.5 Å². The Balaban J connectivity index is 1.48. The van der Waals surface area contributed by atoms with Crippen LogP contribution in [0.5, 0.6) is 0 Å². The van der Waals surface area contributed by atoms with Gasteiger partial charge in [0.1, 0.15) is 5.82 Å². The third-order valence-corrected chi connectivity index (χ3v) is 6.27. The van der Waals surface area contributed by atoms with Crippen molar-refractivity contribution in [3.05, 3.63) is 53.2 Å². The van der Waals surface area contributed by atoms with Crippen LogP contribution < -0.4 is 4.90 Å². The highest BCUT2D eigenvalue weighted by atomic mass is 16.2. The standard InChI is InChI=1S/C23H27N7O/c1-29(2)23(31)18-13-25-28-20(18)16-7-5-11-30(14-16)22-17-8-3-9-19(17)26-21(27-22)15-6-4-10-24-12-15/h4,6,10,12-13,16H,3,5,7-9,11,14H2,1-2H3,(H,25,28)/t16-/m0/s1. The van der Waals surface area contributed by atoms with E-state index in [1.807, 2.05) is 18.3 Å². The van der Waals surface area contributed by atoms with E-state index in [2.05, 4.69) is 20.1 Å². The molecule has 1 aliphatic heterocycles. The number of H-pyrrole nitrogens is 1.